The quantitative estimate of drug-likeness (QED) is 0.880. The van der Waals surface area contributed by atoms with Crippen LogP contribution in [0.2, 0.25) is 0 Å². The fourth-order valence-corrected chi connectivity index (χ4v) is 3.37. The molecule has 0 saturated heterocycles. The van der Waals surface area contributed by atoms with Crippen molar-refractivity contribution in [1.29, 1.82) is 0 Å². The lowest BCUT2D eigenvalue weighted by Crippen LogP contribution is -2.37. The topological polar surface area (TPSA) is 50.4 Å². The van der Waals surface area contributed by atoms with Crippen LogP contribution in [0.15, 0.2) is 33.5 Å². The highest BCUT2D eigenvalue weighted by atomic mass is 16.3. The summed E-state index contributed by atoms with van der Waals surface area (Å²) in [5.74, 6) is 1.93. The molecule has 0 saturated carbocycles. The van der Waals surface area contributed by atoms with Gasteiger partial charge in [-0.25, -0.2) is 0 Å². The Morgan fingerprint density at radius 2 is 2.12 bits per heavy atom. The lowest BCUT2D eigenvalue weighted by molar-refractivity contribution is 0.367. The minimum absolute atomic E-state index is 0.119. The number of hydrogen-bond acceptors (Lipinski definition) is 4. The van der Waals surface area contributed by atoms with Gasteiger partial charge in [-0.2, -0.15) is 0 Å². The van der Waals surface area contributed by atoms with Crippen LogP contribution in [0, 0.1) is 6.92 Å². The summed E-state index contributed by atoms with van der Waals surface area (Å²) in [5.41, 5.74) is 2.64. The van der Waals surface area contributed by atoms with Crippen LogP contribution in [-0.4, -0.2) is 36.1 Å². The Bertz CT molecular complexity index is 745. The Hall–Kier alpha value is -1.85. The minimum atomic E-state index is 0.119. The van der Waals surface area contributed by atoms with E-state index in [-0.39, 0.29) is 5.56 Å². The minimum Gasteiger partial charge on any atom is -0.465 e. The number of pyridine rings is 1. The zero-order valence-electron chi connectivity index (χ0n) is 14.8. The van der Waals surface area contributed by atoms with Crippen molar-refractivity contribution in [1.82, 2.24) is 14.8 Å². The average Bonchev–Trinajstić information content (AvgIpc) is 2.97. The van der Waals surface area contributed by atoms with Gasteiger partial charge >= 0.3 is 0 Å². The van der Waals surface area contributed by atoms with Crippen LogP contribution < -0.4 is 10.9 Å². The smallest absolute Gasteiger partial charge is 0.250 e. The van der Waals surface area contributed by atoms with Crippen molar-refractivity contribution in [3.05, 3.63) is 57.4 Å². The van der Waals surface area contributed by atoms with Gasteiger partial charge in [0.2, 0.25) is 0 Å². The van der Waals surface area contributed by atoms with Crippen LogP contribution in [0.4, 0.5) is 0 Å². The van der Waals surface area contributed by atoms with Crippen LogP contribution in [-0.2, 0) is 25.9 Å². The predicted molar refractivity (Wildman–Crippen MR) is 95.4 cm³/mol. The van der Waals surface area contributed by atoms with Gasteiger partial charge in [-0.1, -0.05) is 6.07 Å². The maximum atomic E-state index is 12.2. The second-order valence-corrected chi connectivity index (χ2v) is 6.93. The summed E-state index contributed by atoms with van der Waals surface area (Å²) in [4.78, 5) is 14.3. The highest BCUT2D eigenvalue weighted by Gasteiger charge is 2.21. The predicted octanol–water partition coefficient (Wildman–Crippen LogP) is 1.96. The van der Waals surface area contributed by atoms with Crippen LogP contribution >= 0.6 is 0 Å². The average molecular weight is 329 g/mol. The molecule has 2 aromatic rings. The Balaban J connectivity index is 1.67. The Labute approximate surface area is 143 Å². The number of rotatable bonds is 6. The second-order valence-electron chi connectivity index (χ2n) is 6.93. The van der Waals surface area contributed by atoms with Gasteiger partial charge in [0, 0.05) is 30.9 Å². The van der Waals surface area contributed by atoms with Crippen molar-refractivity contribution in [3.8, 4) is 0 Å². The molecule has 0 radical (unpaired) electrons. The van der Waals surface area contributed by atoms with Crippen molar-refractivity contribution < 1.29 is 4.42 Å². The largest absolute Gasteiger partial charge is 0.465 e. The molecule has 1 N–H and O–H groups in total. The summed E-state index contributed by atoms with van der Waals surface area (Å²) in [6.07, 6.45) is 2.98. The number of aryl methyl sites for hydroxylation is 1. The van der Waals surface area contributed by atoms with Gasteiger partial charge in [0.1, 0.15) is 11.5 Å². The summed E-state index contributed by atoms with van der Waals surface area (Å²) < 4.78 is 7.58. The standard InChI is InChI=1S/C19H27N3O2/c1-14-4-7-17(24-14)13-20-16-6-8-18-15(12-16)5-9-19(23)22(18)11-10-21(2)3/h4-5,7,9,16,20H,6,8,10-13H2,1-3H3. The molecule has 0 aliphatic heterocycles. The first kappa shape index (κ1) is 17.0. The monoisotopic (exact) mass is 329 g/mol. The second kappa shape index (κ2) is 7.36. The molecule has 5 nitrogen and oxygen atoms in total. The molecule has 2 aromatic heterocycles. The van der Waals surface area contributed by atoms with E-state index in [2.05, 4.69) is 10.2 Å². The van der Waals surface area contributed by atoms with Gasteiger partial charge in [0.15, 0.2) is 0 Å². The van der Waals surface area contributed by atoms with E-state index in [0.29, 0.717) is 6.04 Å². The van der Waals surface area contributed by atoms with Crippen LogP contribution in [0.25, 0.3) is 0 Å². The number of hydrogen-bond donors (Lipinski definition) is 1. The van der Waals surface area contributed by atoms with Crippen molar-refractivity contribution >= 4 is 0 Å². The maximum Gasteiger partial charge on any atom is 0.250 e. The molecule has 5 heteroatoms. The Morgan fingerprint density at radius 3 is 2.83 bits per heavy atom. The number of likely N-dealkylation sites (N-methyl/N-ethyl adjacent to an activating group) is 1. The summed E-state index contributed by atoms with van der Waals surface area (Å²) in [6.45, 7) is 4.37. The molecule has 3 rings (SSSR count). The molecule has 0 fully saturated rings. The Kier molecular flexibility index (Phi) is 5.21. The molecular formula is C19H27N3O2. The van der Waals surface area contributed by atoms with E-state index in [1.54, 1.807) is 6.07 Å². The fourth-order valence-electron chi connectivity index (χ4n) is 3.37. The number of aromatic nitrogens is 1. The highest BCUT2D eigenvalue weighted by molar-refractivity contribution is 5.25. The SMILES string of the molecule is Cc1ccc(CNC2CCc3c(ccc(=O)n3CCN(C)C)C2)o1. The van der Waals surface area contributed by atoms with E-state index >= 15 is 0 Å². The van der Waals surface area contributed by atoms with Crippen molar-refractivity contribution in [2.45, 2.75) is 45.3 Å². The molecule has 2 heterocycles. The molecule has 0 amide bonds. The lowest BCUT2D eigenvalue weighted by atomic mass is 9.91. The number of nitrogens with one attached hydrogen (secondary N) is 1. The first-order valence-corrected chi connectivity index (χ1v) is 8.68. The van der Waals surface area contributed by atoms with Crippen LogP contribution in [0.3, 0.4) is 0 Å². The summed E-state index contributed by atoms with van der Waals surface area (Å²) >= 11 is 0. The van der Waals surface area contributed by atoms with Gasteiger partial charge in [-0.15, -0.1) is 0 Å². The maximum absolute atomic E-state index is 12.2. The molecule has 130 valence electrons. The normalized spacial score (nSPS) is 17.2. The summed E-state index contributed by atoms with van der Waals surface area (Å²) in [7, 11) is 4.08. The third kappa shape index (κ3) is 3.97. The molecule has 1 aliphatic rings. The molecule has 1 unspecified atom stereocenters. The highest BCUT2D eigenvalue weighted by Crippen LogP contribution is 2.21. The van der Waals surface area contributed by atoms with E-state index < -0.39 is 0 Å². The van der Waals surface area contributed by atoms with E-state index in [0.717, 1.165) is 50.4 Å². The first-order chi connectivity index (χ1) is 11.5. The molecular weight excluding hydrogens is 302 g/mol. The third-order valence-electron chi connectivity index (χ3n) is 4.72. The molecule has 0 bridgehead atoms. The number of fused-ring (bicyclic) bond motifs is 1. The van der Waals surface area contributed by atoms with Crippen LogP contribution in [0.1, 0.15) is 29.2 Å². The zero-order valence-corrected chi connectivity index (χ0v) is 14.8. The lowest BCUT2D eigenvalue weighted by Gasteiger charge is -2.28. The van der Waals surface area contributed by atoms with Gasteiger partial charge in [0.25, 0.3) is 5.56 Å². The first-order valence-electron chi connectivity index (χ1n) is 8.68. The van der Waals surface area contributed by atoms with Gasteiger partial charge < -0.3 is 19.2 Å². The van der Waals surface area contributed by atoms with Crippen molar-refractivity contribution in [2.24, 2.45) is 0 Å². The molecule has 0 spiro atoms. The molecule has 0 aromatic carbocycles. The fraction of sp³-hybridized carbons (Fsp3) is 0.526. The number of furan rings is 1. The van der Waals surface area contributed by atoms with E-state index in [4.69, 9.17) is 4.42 Å². The summed E-state index contributed by atoms with van der Waals surface area (Å²) in [5, 5.41) is 3.59. The van der Waals surface area contributed by atoms with E-state index in [9.17, 15) is 4.79 Å². The van der Waals surface area contributed by atoms with Gasteiger partial charge in [0.05, 0.1) is 6.54 Å². The van der Waals surface area contributed by atoms with Gasteiger partial charge in [-0.3, -0.25) is 4.79 Å². The van der Waals surface area contributed by atoms with Gasteiger partial charge in [-0.05, 0) is 58.0 Å². The van der Waals surface area contributed by atoms with Crippen molar-refractivity contribution in [3.63, 3.8) is 0 Å². The van der Waals surface area contributed by atoms with E-state index in [1.807, 2.05) is 43.8 Å². The third-order valence-corrected chi connectivity index (χ3v) is 4.72. The van der Waals surface area contributed by atoms with Crippen molar-refractivity contribution in [2.75, 3.05) is 20.6 Å². The Morgan fingerprint density at radius 1 is 1.29 bits per heavy atom. The molecule has 1 atom stereocenters. The molecule has 24 heavy (non-hydrogen) atoms. The summed E-state index contributed by atoms with van der Waals surface area (Å²) in [6, 6.07) is 8.18. The zero-order chi connectivity index (χ0) is 17.1. The molecule has 1 aliphatic carbocycles. The van der Waals surface area contributed by atoms with Crippen LogP contribution in [0.5, 0.6) is 0 Å². The number of nitrogens with zero attached hydrogens (tertiary/aromatic N) is 2. The van der Waals surface area contributed by atoms with E-state index in [1.165, 1.54) is 11.3 Å².